The molecule has 2 aromatic carbocycles. The van der Waals surface area contributed by atoms with Gasteiger partial charge in [0.15, 0.2) is 0 Å². The number of benzene rings is 2. The van der Waals surface area contributed by atoms with E-state index in [-0.39, 0.29) is 11.9 Å². The second kappa shape index (κ2) is 11.0. The lowest BCUT2D eigenvalue weighted by Gasteiger charge is -2.24. The first kappa shape index (κ1) is 21.4. The van der Waals surface area contributed by atoms with Crippen molar-refractivity contribution < 1.29 is 4.79 Å². The molecule has 1 amide bonds. The molecule has 0 aliphatic heterocycles. The highest BCUT2D eigenvalue weighted by Crippen LogP contribution is 2.36. The quantitative estimate of drug-likeness (QED) is 0.581. The van der Waals surface area contributed by atoms with Gasteiger partial charge in [0, 0.05) is 12.5 Å². The lowest BCUT2D eigenvalue weighted by atomic mass is 9.82. The minimum atomic E-state index is 0.201. The Kier molecular flexibility index (Phi) is 8.10. The molecule has 0 bridgehead atoms. The number of allylic oxidation sites excluding steroid dienone is 1. The summed E-state index contributed by atoms with van der Waals surface area (Å²) in [5, 5.41) is 3.03. The summed E-state index contributed by atoms with van der Waals surface area (Å²) in [6.45, 7) is 4.05. The zero-order valence-corrected chi connectivity index (χ0v) is 18.0. The predicted molar refractivity (Wildman–Crippen MR) is 123 cm³/mol. The molecule has 1 fully saturated rings. The monoisotopic (exact) mass is 389 g/mol. The predicted octanol–water partition coefficient (Wildman–Crippen LogP) is 6.76. The largest absolute Gasteiger partial charge is 0.354 e. The van der Waals surface area contributed by atoms with Crippen LogP contribution in [-0.4, -0.2) is 11.9 Å². The summed E-state index contributed by atoms with van der Waals surface area (Å²) in [6.07, 6.45) is 8.94. The number of carbonyl (C=O) groups is 1. The van der Waals surface area contributed by atoms with E-state index >= 15 is 0 Å². The molecule has 0 aromatic heterocycles. The van der Waals surface area contributed by atoms with Gasteiger partial charge in [0.2, 0.25) is 5.91 Å². The Morgan fingerprint density at radius 3 is 2.10 bits per heavy atom. The number of carbonyl (C=O) groups excluding carboxylic acids is 1. The summed E-state index contributed by atoms with van der Waals surface area (Å²) in [6, 6.07) is 21.9. The van der Waals surface area contributed by atoms with E-state index in [9.17, 15) is 4.79 Å². The van der Waals surface area contributed by atoms with Gasteiger partial charge in [-0.2, -0.15) is 0 Å². The minimum Gasteiger partial charge on any atom is -0.354 e. The zero-order chi connectivity index (χ0) is 20.5. The van der Waals surface area contributed by atoms with E-state index in [1.165, 1.54) is 48.8 Å². The first-order chi connectivity index (χ1) is 14.1. The molecule has 29 heavy (non-hydrogen) atoms. The van der Waals surface area contributed by atoms with E-state index in [0.29, 0.717) is 12.3 Å². The molecule has 0 spiro atoms. The normalized spacial score (nSPS) is 17.5. The molecule has 3 rings (SSSR count). The van der Waals surface area contributed by atoms with Crippen LogP contribution in [0.3, 0.4) is 0 Å². The Labute approximate surface area is 176 Å². The first-order valence-corrected chi connectivity index (χ1v) is 11.3. The SMILES string of the molecule is CC(C)NC(=O)CCC1CCCCC(=C(c2ccccc2)c2ccccc2)CC1. The molecule has 1 saturated carbocycles. The summed E-state index contributed by atoms with van der Waals surface area (Å²) in [7, 11) is 0. The summed E-state index contributed by atoms with van der Waals surface area (Å²) < 4.78 is 0. The van der Waals surface area contributed by atoms with Crippen LogP contribution in [0.4, 0.5) is 0 Å². The third kappa shape index (κ3) is 6.59. The number of rotatable bonds is 6. The van der Waals surface area contributed by atoms with Crippen LogP contribution in [0.1, 0.15) is 76.3 Å². The van der Waals surface area contributed by atoms with Crippen molar-refractivity contribution >= 4 is 11.5 Å². The van der Waals surface area contributed by atoms with Gasteiger partial charge in [-0.05, 0) is 68.6 Å². The highest BCUT2D eigenvalue weighted by molar-refractivity contribution is 5.82. The Bertz CT molecular complexity index is 750. The molecule has 1 aliphatic carbocycles. The van der Waals surface area contributed by atoms with Crippen LogP contribution >= 0.6 is 0 Å². The molecule has 2 nitrogen and oxygen atoms in total. The lowest BCUT2D eigenvalue weighted by Crippen LogP contribution is -2.30. The maximum Gasteiger partial charge on any atom is 0.220 e. The van der Waals surface area contributed by atoms with E-state index in [1.54, 1.807) is 5.57 Å². The average Bonchev–Trinajstić information content (AvgIpc) is 2.70. The summed E-state index contributed by atoms with van der Waals surface area (Å²) >= 11 is 0. The standard InChI is InChI=1S/C27H35NO/c1-21(2)28-26(29)20-18-22-11-9-10-16-25(19-17-22)27(23-12-5-3-6-13-23)24-14-7-4-8-15-24/h3-8,12-15,21-22H,9-11,16-20H2,1-2H3,(H,28,29). The van der Waals surface area contributed by atoms with Crippen LogP contribution in [-0.2, 0) is 4.79 Å². The Morgan fingerprint density at radius 2 is 1.52 bits per heavy atom. The Hall–Kier alpha value is -2.35. The van der Waals surface area contributed by atoms with Crippen LogP contribution < -0.4 is 5.32 Å². The highest BCUT2D eigenvalue weighted by Gasteiger charge is 2.18. The van der Waals surface area contributed by atoms with E-state index in [4.69, 9.17) is 0 Å². The topological polar surface area (TPSA) is 29.1 Å². The van der Waals surface area contributed by atoms with Gasteiger partial charge in [-0.25, -0.2) is 0 Å². The third-order valence-corrected chi connectivity index (χ3v) is 5.90. The van der Waals surface area contributed by atoms with Gasteiger partial charge in [-0.15, -0.1) is 0 Å². The van der Waals surface area contributed by atoms with Crippen molar-refractivity contribution in [2.45, 2.75) is 71.3 Å². The average molecular weight is 390 g/mol. The molecule has 2 heteroatoms. The molecule has 1 atom stereocenters. The van der Waals surface area contributed by atoms with E-state index in [1.807, 2.05) is 13.8 Å². The van der Waals surface area contributed by atoms with Crippen molar-refractivity contribution in [3.05, 3.63) is 77.4 Å². The molecule has 0 radical (unpaired) electrons. The third-order valence-electron chi connectivity index (χ3n) is 5.90. The van der Waals surface area contributed by atoms with Crippen molar-refractivity contribution in [3.63, 3.8) is 0 Å². The maximum absolute atomic E-state index is 12.1. The summed E-state index contributed by atoms with van der Waals surface area (Å²) in [5.74, 6) is 0.850. The van der Waals surface area contributed by atoms with Gasteiger partial charge >= 0.3 is 0 Å². The zero-order valence-electron chi connectivity index (χ0n) is 18.0. The summed E-state index contributed by atoms with van der Waals surface area (Å²) in [5.41, 5.74) is 5.65. The van der Waals surface area contributed by atoms with Crippen molar-refractivity contribution in [2.24, 2.45) is 5.92 Å². The van der Waals surface area contributed by atoms with Crippen molar-refractivity contribution in [1.29, 1.82) is 0 Å². The molecule has 154 valence electrons. The van der Waals surface area contributed by atoms with Gasteiger partial charge < -0.3 is 5.32 Å². The molecule has 1 unspecified atom stereocenters. The van der Waals surface area contributed by atoms with Crippen molar-refractivity contribution in [2.75, 3.05) is 0 Å². The molecule has 2 aromatic rings. The smallest absolute Gasteiger partial charge is 0.220 e. The molecule has 0 saturated heterocycles. The fourth-order valence-electron chi connectivity index (χ4n) is 4.47. The van der Waals surface area contributed by atoms with Crippen LogP contribution in [0.15, 0.2) is 66.2 Å². The molecular weight excluding hydrogens is 354 g/mol. The van der Waals surface area contributed by atoms with Gasteiger partial charge in [0.1, 0.15) is 0 Å². The number of nitrogens with one attached hydrogen (secondary N) is 1. The second-order valence-corrected chi connectivity index (χ2v) is 8.62. The molecule has 1 N–H and O–H groups in total. The minimum absolute atomic E-state index is 0.201. The van der Waals surface area contributed by atoms with Crippen LogP contribution in [0, 0.1) is 5.92 Å². The van der Waals surface area contributed by atoms with E-state index in [2.05, 4.69) is 66.0 Å². The number of amides is 1. The molecule has 1 aliphatic rings. The Balaban J connectivity index is 1.77. The van der Waals surface area contributed by atoms with Gasteiger partial charge in [-0.1, -0.05) is 79.1 Å². The first-order valence-electron chi connectivity index (χ1n) is 11.3. The van der Waals surface area contributed by atoms with Crippen LogP contribution in [0.2, 0.25) is 0 Å². The number of hydrogen-bond acceptors (Lipinski definition) is 1. The highest BCUT2D eigenvalue weighted by atomic mass is 16.1. The maximum atomic E-state index is 12.1. The second-order valence-electron chi connectivity index (χ2n) is 8.62. The fourth-order valence-corrected chi connectivity index (χ4v) is 4.47. The van der Waals surface area contributed by atoms with Crippen molar-refractivity contribution in [3.8, 4) is 0 Å². The summed E-state index contributed by atoms with van der Waals surface area (Å²) in [4.78, 5) is 12.1. The van der Waals surface area contributed by atoms with E-state index < -0.39 is 0 Å². The molecular formula is C27H35NO. The Morgan fingerprint density at radius 1 is 0.897 bits per heavy atom. The lowest BCUT2D eigenvalue weighted by molar-refractivity contribution is -0.121. The van der Waals surface area contributed by atoms with Crippen LogP contribution in [0.5, 0.6) is 0 Å². The molecule has 0 heterocycles. The van der Waals surface area contributed by atoms with Gasteiger partial charge in [-0.3, -0.25) is 4.79 Å². The van der Waals surface area contributed by atoms with Gasteiger partial charge in [0.25, 0.3) is 0 Å². The van der Waals surface area contributed by atoms with Crippen molar-refractivity contribution in [1.82, 2.24) is 5.32 Å². The number of hydrogen-bond donors (Lipinski definition) is 1. The van der Waals surface area contributed by atoms with Gasteiger partial charge in [0.05, 0.1) is 0 Å². The van der Waals surface area contributed by atoms with Crippen LogP contribution in [0.25, 0.3) is 5.57 Å². The van der Waals surface area contributed by atoms with E-state index in [0.717, 1.165) is 12.8 Å². The fraction of sp³-hybridized carbons (Fsp3) is 0.444.